The van der Waals surface area contributed by atoms with Crippen molar-refractivity contribution in [2.75, 3.05) is 39.8 Å². The Morgan fingerprint density at radius 3 is 3.03 bits per heavy atom. The summed E-state index contributed by atoms with van der Waals surface area (Å²) in [4.78, 5) is 8.37. The van der Waals surface area contributed by atoms with E-state index in [0.717, 1.165) is 44.3 Å². The zero-order chi connectivity index (χ0) is 19.4. The van der Waals surface area contributed by atoms with Gasteiger partial charge in [0.05, 0.1) is 6.26 Å². The zero-order valence-corrected chi connectivity index (χ0v) is 20.3. The molecule has 0 radical (unpaired) electrons. The van der Waals surface area contributed by atoms with Crippen LogP contribution in [0, 0.1) is 5.92 Å². The number of likely N-dealkylation sites (tertiary alicyclic amines) is 1. The maximum atomic E-state index is 5.60. The van der Waals surface area contributed by atoms with Crippen LogP contribution in [0.1, 0.15) is 29.9 Å². The summed E-state index contributed by atoms with van der Waals surface area (Å²) < 4.78 is 10.9. The number of hydrogen-bond acceptors (Lipinski definition) is 5. The van der Waals surface area contributed by atoms with Crippen molar-refractivity contribution < 1.29 is 9.15 Å². The number of furan rings is 1. The second kappa shape index (κ2) is 14.0. The number of nitrogens with zero attached hydrogens (tertiary/aromatic N) is 2. The van der Waals surface area contributed by atoms with Gasteiger partial charge in [-0.2, -0.15) is 0 Å². The molecule has 1 fully saturated rings. The fraction of sp³-hybridized carbons (Fsp3) is 0.571. The van der Waals surface area contributed by atoms with Gasteiger partial charge in [0, 0.05) is 44.7 Å². The number of piperidine rings is 1. The molecule has 3 rings (SSSR count). The third-order valence-electron chi connectivity index (χ3n) is 4.93. The first-order valence-electron chi connectivity index (χ1n) is 10.1. The second-order valence-corrected chi connectivity index (χ2v) is 8.22. The molecule has 2 N–H and O–H groups in total. The van der Waals surface area contributed by atoms with Crippen LogP contribution in [0.5, 0.6) is 0 Å². The summed E-state index contributed by atoms with van der Waals surface area (Å²) >= 11 is 1.85. The van der Waals surface area contributed by atoms with Crippen LogP contribution in [0.2, 0.25) is 0 Å². The molecule has 2 aromatic heterocycles. The first kappa shape index (κ1) is 24.2. The Balaban J connectivity index is 0.00000300. The number of aliphatic imine (C=N–C) groups is 1. The fourth-order valence-electron chi connectivity index (χ4n) is 3.49. The van der Waals surface area contributed by atoms with E-state index in [0.29, 0.717) is 19.1 Å². The quantitative estimate of drug-likeness (QED) is 0.210. The molecule has 0 saturated carbocycles. The van der Waals surface area contributed by atoms with E-state index in [1.165, 1.54) is 24.3 Å². The highest BCUT2D eigenvalue weighted by Gasteiger charge is 2.20. The average molecular weight is 532 g/mol. The molecule has 1 aliphatic heterocycles. The lowest BCUT2D eigenvalue weighted by molar-refractivity contribution is 0.105. The van der Waals surface area contributed by atoms with E-state index >= 15 is 0 Å². The first-order chi connectivity index (χ1) is 13.8. The van der Waals surface area contributed by atoms with Crippen LogP contribution in [0.3, 0.4) is 0 Å². The molecule has 1 aliphatic rings. The minimum absolute atomic E-state index is 0. The number of halogens is 1. The van der Waals surface area contributed by atoms with E-state index in [-0.39, 0.29) is 24.0 Å². The van der Waals surface area contributed by atoms with Gasteiger partial charge in [-0.3, -0.25) is 9.89 Å². The molecule has 0 amide bonds. The van der Waals surface area contributed by atoms with Crippen LogP contribution in [-0.4, -0.2) is 50.7 Å². The van der Waals surface area contributed by atoms with E-state index in [1.54, 1.807) is 6.26 Å². The lowest BCUT2D eigenvalue weighted by Crippen LogP contribution is -2.44. The Kier molecular flexibility index (Phi) is 11.7. The summed E-state index contributed by atoms with van der Waals surface area (Å²) in [5.41, 5.74) is 0. The van der Waals surface area contributed by atoms with Crippen LogP contribution >= 0.6 is 35.3 Å². The van der Waals surface area contributed by atoms with Crippen molar-refractivity contribution in [1.82, 2.24) is 15.5 Å². The van der Waals surface area contributed by atoms with Gasteiger partial charge in [0.2, 0.25) is 0 Å². The first-order valence-corrected chi connectivity index (χ1v) is 11.0. The molecule has 0 aliphatic carbocycles. The number of thiophene rings is 1. The fourth-order valence-corrected chi connectivity index (χ4v) is 4.24. The van der Waals surface area contributed by atoms with Gasteiger partial charge >= 0.3 is 0 Å². The second-order valence-electron chi connectivity index (χ2n) is 7.19. The van der Waals surface area contributed by atoms with Gasteiger partial charge in [0.15, 0.2) is 5.96 Å². The molecule has 162 valence electrons. The van der Waals surface area contributed by atoms with Gasteiger partial charge < -0.3 is 19.8 Å². The third-order valence-corrected chi connectivity index (χ3v) is 5.79. The summed E-state index contributed by atoms with van der Waals surface area (Å²) in [6.45, 7) is 6.48. The third kappa shape index (κ3) is 9.06. The predicted molar refractivity (Wildman–Crippen MR) is 130 cm³/mol. The highest BCUT2D eigenvalue weighted by molar-refractivity contribution is 14.0. The van der Waals surface area contributed by atoms with Gasteiger partial charge in [-0.05, 0) is 55.3 Å². The monoisotopic (exact) mass is 532 g/mol. The zero-order valence-electron chi connectivity index (χ0n) is 17.1. The molecule has 1 unspecified atom stereocenters. The van der Waals surface area contributed by atoms with Crippen molar-refractivity contribution >= 4 is 41.3 Å². The van der Waals surface area contributed by atoms with Crippen LogP contribution in [-0.2, 0) is 17.9 Å². The molecule has 29 heavy (non-hydrogen) atoms. The van der Waals surface area contributed by atoms with Gasteiger partial charge in [0.25, 0.3) is 0 Å². The summed E-state index contributed by atoms with van der Waals surface area (Å²) in [7, 11) is 1.83. The van der Waals surface area contributed by atoms with E-state index in [1.807, 2.05) is 30.5 Å². The van der Waals surface area contributed by atoms with E-state index in [2.05, 4.69) is 38.0 Å². The van der Waals surface area contributed by atoms with Crippen molar-refractivity contribution in [3.63, 3.8) is 0 Å². The molecule has 8 heteroatoms. The Morgan fingerprint density at radius 1 is 1.34 bits per heavy atom. The number of hydrogen-bond donors (Lipinski definition) is 2. The summed E-state index contributed by atoms with van der Waals surface area (Å²) in [6, 6.07) is 8.18. The Morgan fingerprint density at radius 2 is 2.28 bits per heavy atom. The molecular formula is C21H33IN4O2S. The number of ether oxygens (including phenoxy) is 1. The van der Waals surface area contributed by atoms with Crippen molar-refractivity contribution in [1.29, 1.82) is 0 Å². The molecule has 1 saturated heterocycles. The maximum absolute atomic E-state index is 5.60. The molecular weight excluding hydrogens is 499 g/mol. The number of nitrogens with one attached hydrogen (secondary N) is 2. The van der Waals surface area contributed by atoms with Crippen LogP contribution in [0.15, 0.2) is 45.3 Å². The Bertz CT molecular complexity index is 679. The minimum atomic E-state index is 0. The van der Waals surface area contributed by atoms with Crippen LogP contribution in [0.25, 0.3) is 0 Å². The molecule has 3 heterocycles. The standard InChI is InChI=1S/C21H32N4O2S.HI/c1-22-21(23-9-5-11-26-17-19-7-3-12-27-19)24-14-18-6-2-10-25(15-18)16-20-8-4-13-28-20;/h3-4,7-8,12-13,18H,2,5-6,9-11,14-17H2,1H3,(H2,22,23,24);1H. The number of rotatable bonds is 10. The van der Waals surface area contributed by atoms with E-state index in [4.69, 9.17) is 9.15 Å². The van der Waals surface area contributed by atoms with Gasteiger partial charge in [0.1, 0.15) is 12.4 Å². The normalized spacial score (nSPS) is 17.7. The van der Waals surface area contributed by atoms with Crippen molar-refractivity contribution in [3.05, 3.63) is 46.5 Å². The average Bonchev–Trinajstić information content (AvgIpc) is 3.41. The topological polar surface area (TPSA) is 62.0 Å². The lowest BCUT2D eigenvalue weighted by Gasteiger charge is -2.32. The van der Waals surface area contributed by atoms with Crippen LogP contribution in [0.4, 0.5) is 0 Å². The lowest BCUT2D eigenvalue weighted by atomic mass is 9.98. The van der Waals surface area contributed by atoms with E-state index < -0.39 is 0 Å². The summed E-state index contributed by atoms with van der Waals surface area (Å²) in [5.74, 6) is 2.41. The van der Waals surface area contributed by atoms with Gasteiger partial charge in [-0.15, -0.1) is 35.3 Å². The maximum Gasteiger partial charge on any atom is 0.190 e. The molecule has 6 nitrogen and oxygen atoms in total. The Hall–Kier alpha value is -1.10. The van der Waals surface area contributed by atoms with Gasteiger partial charge in [-0.25, -0.2) is 0 Å². The Labute approximate surface area is 195 Å². The summed E-state index contributed by atoms with van der Waals surface area (Å²) in [5, 5.41) is 9.03. The van der Waals surface area contributed by atoms with Crippen molar-refractivity contribution in [3.8, 4) is 0 Å². The summed E-state index contributed by atoms with van der Waals surface area (Å²) in [6.07, 6.45) is 5.16. The highest BCUT2D eigenvalue weighted by atomic mass is 127. The van der Waals surface area contributed by atoms with Crippen LogP contribution < -0.4 is 10.6 Å². The smallest absolute Gasteiger partial charge is 0.190 e. The SMILES string of the molecule is CN=C(NCCCOCc1ccco1)NCC1CCCN(Cc2cccs2)C1.I. The molecule has 2 aromatic rings. The molecule has 0 bridgehead atoms. The predicted octanol–water partition coefficient (Wildman–Crippen LogP) is 3.94. The molecule has 0 aromatic carbocycles. The molecule has 1 atom stereocenters. The van der Waals surface area contributed by atoms with Crippen molar-refractivity contribution in [2.45, 2.75) is 32.4 Å². The minimum Gasteiger partial charge on any atom is -0.467 e. The van der Waals surface area contributed by atoms with Crippen molar-refractivity contribution in [2.24, 2.45) is 10.9 Å². The number of guanidine groups is 1. The largest absolute Gasteiger partial charge is 0.467 e. The highest BCUT2D eigenvalue weighted by Crippen LogP contribution is 2.19. The van der Waals surface area contributed by atoms with E-state index in [9.17, 15) is 0 Å². The molecule has 0 spiro atoms. The van der Waals surface area contributed by atoms with Gasteiger partial charge in [-0.1, -0.05) is 6.07 Å².